The quantitative estimate of drug-likeness (QED) is 0.452. The van der Waals surface area contributed by atoms with Gasteiger partial charge in [-0.3, -0.25) is 9.59 Å². The molecule has 2 aromatic carbocycles. The molecule has 34 heavy (non-hydrogen) atoms. The van der Waals surface area contributed by atoms with Gasteiger partial charge < -0.3 is 14.8 Å². The number of aryl methyl sites for hydroxylation is 1. The van der Waals surface area contributed by atoms with Crippen LogP contribution in [0.25, 0.3) is 11.0 Å². The van der Waals surface area contributed by atoms with Gasteiger partial charge in [0, 0.05) is 30.6 Å². The van der Waals surface area contributed by atoms with Crippen molar-refractivity contribution in [2.24, 2.45) is 5.92 Å². The summed E-state index contributed by atoms with van der Waals surface area (Å²) in [4.78, 5) is 32.6. The summed E-state index contributed by atoms with van der Waals surface area (Å²) in [5.74, 6) is 1.30. The first-order valence-electron chi connectivity index (χ1n) is 12.6. The summed E-state index contributed by atoms with van der Waals surface area (Å²) >= 11 is 0. The Morgan fingerprint density at radius 1 is 1.03 bits per heavy atom. The van der Waals surface area contributed by atoms with Crippen molar-refractivity contribution in [3.63, 3.8) is 0 Å². The van der Waals surface area contributed by atoms with Crippen molar-refractivity contribution in [2.75, 3.05) is 11.4 Å². The number of amides is 2. The maximum Gasteiger partial charge on any atom is 0.247 e. The lowest BCUT2D eigenvalue weighted by Gasteiger charge is -2.27. The van der Waals surface area contributed by atoms with Crippen molar-refractivity contribution in [1.82, 2.24) is 14.9 Å². The van der Waals surface area contributed by atoms with E-state index in [9.17, 15) is 9.59 Å². The predicted octanol–water partition coefficient (Wildman–Crippen LogP) is 5.11. The number of nitrogens with zero attached hydrogens (tertiary/aromatic N) is 3. The number of hydrogen-bond donors (Lipinski definition) is 1. The number of anilines is 1. The molecule has 1 aromatic heterocycles. The molecule has 1 saturated carbocycles. The minimum Gasteiger partial charge on any atom is -0.356 e. The van der Waals surface area contributed by atoms with Crippen molar-refractivity contribution in [1.29, 1.82) is 0 Å². The fraction of sp³-hybridized carbons (Fsp3) is 0.464. The molecule has 1 aliphatic rings. The van der Waals surface area contributed by atoms with Crippen molar-refractivity contribution in [2.45, 2.75) is 71.4 Å². The lowest BCUT2D eigenvalue weighted by molar-refractivity contribution is -0.126. The zero-order chi connectivity index (χ0) is 23.9. The van der Waals surface area contributed by atoms with Crippen LogP contribution in [0.1, 0.15) is 58.2 Å². The molecule has 0 aliphatic heterocycles. The van der Waals surface area contributed by atoms with Gasteiger partial charge in [-0.2, -0.15) is 0 Å². The van der Waals surface area contributed by atoms with E-state index in [0.29, 0.717) is 13.0 Å². The summed E-state index contributed by atoms with van der Waals surface area (Å²) < 4.78 is 2.04. The summed E-state index contributed by atoms with van der Waals surface area (Å²) in [7, 11) is 0. The highest BCUT2D eigenvalue weighted by Gasteiger charge is 2.23. The molecule has 4 rings (SSSR count). The van der Waals surface area contributed by atoms with Crippen LogP contribution in [0.2, 0.25) is 0 Å². The number of benzene rings is 2. The molecule has 0 radical (unpaired) electrons. The summed E-state index contributed by atoms with van der Waals surface area (Å²) in [6, 6.07) is 17.8. The molecule has 0 unspecified atom stereocenters. The number of imidazole rings is 1. The summed E-state index contributed by atoms with van der Waals surface area (Å²) in [6.45, 7) is 4.94. The Morgan fingerprint density at radius 2 is 1.74 bits per heavy atom. The normalized spacial score (nSPS) is 14.4. The van der Waals surface area contributed by atoms with E-state index in [2.05, 4.69) is 5.32 Å². The first kappa shape index (κ1) is 24.0. The molecule has 2 amide bonds. The molecule has 1 heterocycles. The number of nitrogens with one attached hydrogen (secondary N) is 1. The zero-order valence-electron chi connectivity index (χ0n) is 20.4. The van der Waals surface area contributed by atoms with Crippen molar-refractivity contribution in [3.05, 3.63) is 60.4 Å². The maximum absolute atomic E-state index is 13.5. The van der Waals surface area contributed by atoms with E-state index in [1.54, 1.807) is 0 Å². The Hall–Kier alpha value is -3.15. The number of fused-ring (bicyclic) bond motifs is 1. The van der Waals surface area contributed by atoms with E-state index in [0.717, 1.165) is 54.6 Å². The molecule has 1 aliphatic carbocycles. The first-order chi connectivity index (χ1) is 16.5. The molecule has 180 valence electrons. The number of carbonyl (C=O) groups is 2. The highest BCUT2D eigenvalue weighted by molar-refractivity contribution is 5.94. The Morgan fingerprint density at radius 3 is 2.47 bits per heavy atom. The van der Waals surface area contributed by atoms with E-state index in [1.165, 1.54) is 6.42 Å². The Kier molecular flexibility index (Phi) is 7.99. The van der Waals surface area contributed by atoms with Crippen LogP contribution in [0.15, 0.2) is 54.6 Å². The third kappa shape index (κ3) is 5.66. The standard InChI is InChI=1S/C28H36N4O2/c1-21(2)32(23-14-7-4-8-15-23)27(33)20-31-25-17-10-9-16-24(25)30-26(31)18-11-19-29-28(34)22-12-5-3-6-13-22/h4,7-10,14-17,21-22H,3,5-6,11-13,18-20H2,1-2H3,(H,29,34). The first-order valence-corrected chi connectivity index (χ1v) is 12.6. The van der Waals surface area contributed by atoms with E-state index in [-0.39, 0.29) is 30.3 Å². The highest BCUT2D eigenvalue weighted by atomic mass is 16.2. The van der Waals surface area contributed by atoms with Gasteiger partial charge in [-0.05, 0) is 57.4 Å². The fourth-order valence-corrected chi connectivity index (χ4v) is 4.99. The van der Waals surface area contributed by atoms with Crippen molar-refractivity contribution >= 4 is 28.5 Å². The molecule has 6 heteroatoms. The number of aromatic nitrogens is 2. The molecular formula is C28H36N4O2. The molecule has 0 atom stereocenters. The largest absolute Gasteiger partial charge is 0.356 e. The van der Waals surface area contributed by atoms with Gasteiger partial charge in [-0.1, -0.05) is 49.6 Å². The summed E-state index contributed by atoms with van der Waals surface area (Å²) in [6.07, 6.45) is 7.09. The van der Waals surface area contributed by atoms with Crippen molar-refractivity contribution < 1.29 is 9.59 Å². The van der Waals surface area contributed by atoms with Gasteiger partial charge in [0.1, 0.15) is 12.4 Å². The second-order valence-electron chi connectivity index (χ2n) is 9.53. The van der Waals surface area contributed by atoms with Gasteiger partial charge in [0.2, 0.25) is 11.8 Å². The van der Waals surface area contributed by atoms with Gasteiger partial charge >= 0.3 is 0 Å². The predicted molar refractivity (Wildman–Crippen MR) is 137 cm³/mol. The Bertz CT molecular complexity index is 1100. The topological polar surface area (TPSA) is 67.2 Å². The van der Waals surface area contributed by atoms with Crippen LogP contribution in [0, 0.1) is 5.92 Å². The van der Waals surface area contributed by atoms with Crippen molar-refractivity contribution in [3.8, 4) is 0 Å². The molecular weight excluding hydrogens is 424 g/mol. The third-order valence-electron chi connectivity index (χ3n) is 6.70. The molecule has 6 nitrogen and oxygen atoms in total. The molecule has 1 fully saturated rings. The van der Waals surface area contributed by atoms with Crippen LogP contribution in [-0.2, 0) is 22.6 Å². The van der Waals surface area contributed by atoms with Crippen LogP contribution >= 0.6 is 0 Å². The lowest BCUT2D eigenvalue weighted by atomic mass is 9.89. The second kappa shape index (κ2) is 11.3. The maximum atomic E-state index is 13.5. The summed E-state index contributed by atoms with van der Waals surface area (Å²) in [5, 5.41) is 3.12. The number of carbonyl (C=O) groups excluding carboxylic acids is 2. The van der Waals surface area contributed by atoms with Gasteiger partial charge in [-0.25, -0.2) is 4.98 Å². The number of hydrogen-bond acceptors (Lipinski definition) is 3. The minimum absolute atomic E-state index is 0.0382. The lowest BCUT2D eigenvalue weighted by Crippen LogP contribution is -2.39. The fourth-order valence-electron chi connectivity index (χ4n) is 4.99. The Balaban J connectivity index is 1.45. The highest BCUT2D eigenvalue weighted by Crippen LogP contribution is 2.24. The van der Waals surface area contributed by atoms with Crippen LogP contribution in [0.4, 0.5) is 5.69 Å². The minimum atomic E-state index is 0.0382. The van der Waals surface area contributed by atoms with Crippen LogP contribution in [0.5, 0.6) is 0 Å². The Labute approximate surface area is 202 Å². The van der Waals surface area contributed by atoms with Crippen LogP contribution < -0.4 is 10.2 Å². The second-order valence-corrected chi connectivity index (χ2v) is 9.53. The van der Waals surface area contributed by atoms with E-state index in [1.807, 2.05) is 77.9 Å². The van der Waals surface area contributed by atoms with Crippen LogP contribution in [-0.4, -0.2) is 34.0 Å². The molecule has 0 bridgehead atoms. The van der Waals surface area contributed by atoms with E-state index < -0.39 is 0 Å². The average molecular weight is 461 g/mol. The average Bonchev–Trinajstić information content (AvgIpc) is 3.20. The van der Waals surface area contributed by atoms with Gasteiger partial charge in [-0.15, -0.1) is 0 Å². The van der Waals surface area contributed by atoms with Crippen LogP contribution in [0.3, 0.4) is 0 Å². The SMILES string of the molecule is CC(C)N(C(=O)Cn1c(CCCNC(=O)C2CCCCC2)nc2ccccc21)c1ccccc1. The number of rotatable bonds is 9. The van der Waals surface area contributed by atoms with E-state index >= 15 is 0 Å². The zero-order valence-corrected chi connectivity index (χ0v) is 20.4. The summed E-state index contributed by atoms with van der Waals surface area (Å²) in [5.41, 5.74) is 2.76. The van der Waals surface area contributed by atoms with E-state index in [4.69, 9.17) is 4.98 Å². The molecule has 1 N–H and O–H groups in total. The monoisotopic (exact) mass is 460 g/mol. The molecule has 0 spiro atoms. The van der Waals surface area contributed by atoms with Gasteiger partial charge in [0.05, 0.1) is 11.0 Å². The third-order valence-corrected chi connectivity index (χ3v) is 6.70. The molecule has 0 saturated heterocycles. The van der Waals surface area contributed by atoms with Gasteiger partial charge in [0.15, 0.2) is 0 Å². The smallest absolute Gasteiger partial charge is 0.247 e. The number of para-hydroxylation sites is 3. The van der Waals surface area contributed by atoms with Gasteiger partial charge in [0.25, 0.3) is 0 Å². The molecule has 3 aromatic rings.